The number of hydrogen-bond donors (Lipinski definition) is 1. The lowest BCUT2D eigenvalue weighted by Crippen LogP contribution is -2.51. The molecule has 0 bridgehead atoms. The number of nitrogens with zero attached hydrogens (tertiary/aromatic N) is 2. The minimum atomic E-state index is 0.0256. The molecule has 18 heavy (non-hydrogen) atoms. The maximum Gasteiger partial charge on any atom is 0.239 e. The molecule has 1 aromatic rings. The Kier molecular flexibility index (Phi) is 4.70. The topological polar surface area (TPSA) is 45.2 Å². The highest BCUT2D eigenvalue weighted by atomic mass is 16.2. The maximum absolute atomic E-state index is 12.2. The van der Waals surface area contributed by atoms with Gasteiger partial charge in [0.05, 0.1) is 6.04 Å². The fourth-order valence-electron chi connectivity index (χ4n) is 2.41. The smallest absolute Gasteiger partial charge is 0.239 e. The molecule has 2 rings (SSSR count). The second kappa shape index (κ2) is 6.50. The summed E-state index contributed by atoms with van der Waals surface area (Å²) < 4.78 is 0. The van der Waals surface area contributed by atoms with Crippen LogP contribution in [0.3, 0.4) is 0 Å². The summed E-state index contributed by atoms with van der Waals surface area (Å²) in [6.45, 7) is 4.59. The van der Waals surface area contributed by atoms with Crippen LogP contribution in [-0.4, -0.2) is 41.5 Å². The Morgan fingerprint density at radius 2 is 2.44 bits per heavy atom. The lowest BCUT2D eigenvalue weighted by atomic mass is 10.0. The molecule has 98 valence electrons. The number of carbonyl (C=O) groups excluding carboxylic acids is 1. The van der Waals surface area contributed by atoms with Crippen LogP contribution >= 0.6 is 0 Å². The zero-order valence-corrected chi connectivity index (χ0v) is 10.9. The zero-order valence-electron chi connectivity index (χ0n) is 10.9. The fourth-order valence-corrected chi connectivity index (χ4v) is 2.41. The standard InChI is InChI=1S/C14H21N3O/c1-2-16-13-6-4-9-17(14(13)18)10-7-12-5-3-8-15-11-12/h3,5,8,11,13,16H,2,4,6-7,9-10H2,1H3. The molecule has 0 aliphatic carbocycles. The largest absolute Gasteiger partial charge is 0.341 e. The number of hydrogen-bond acceptors (Lipinski definition) is 3. The SMILES string of the molecule is CCNC1CCCN(CCc2cccnc2)C1=O. The molecule has 4 heteroatoms. The third-order valence-electron chi connectivity index (χ3n) is 3.37. The van der Waals surface area contributed by atoms with Crippen LogP contribution in [0, 0.1) is 0 Å². The first-order valence-electron chi connectivity index (χ1n) is 6.72. The quantitative estimate of drug-likeness (QED) is 0.851. The Hall–Kier alpha value is -1.42. The molecule has 4 nitrogen and oxygen atoms in total. The van der Waals surface area contributed by atoms with E-state index in [1.54, 1.807) is 6.20 Å². The van der Waals surface area contributed by atoms with E-state index >= 15 is 0 Å². The van der Waals surface area contributed by atoms with Crippen molar-refractivity contribution in [2.24, 2.45) is 0 Å². The van der Waals surface area contributed by atoms with Crippen molar-refractivity contribution in [3.05, 3.63) is 30.1 Å². The number of aromatic nitrogens is 1. The molecule has 2 heterocycles. The number of amides is 1. The van der Waals surface area contributed by atoms with Crippen molar-refractivity contribution in [3.8, 4) is 0 Å². The Bertz CT molecular complexity index is 378. The van der Waals surface area contributed by atoms with Crippen molar-refractivity contribution < 1.29 is 4.79 Å². The number of nitrogens with one attached hydrogen (secondary N) is 1. The van der Waals surface area contributed by atoms with Gasteiger partial charge in [0.2, 0.25) is 5.91 Å². The van der Waals surface area contributed by atoms with Crippen molar-refractivity contribution in [2.75, 3.05) is 19.6 Å². The molecule has 0 aromatic carbocycles. The summed E-state index contributed by atoms with van der Waals surface area (Å²) in [4.78, 5) is 18.3. The molecule has 0 spiro atoms. The lowest BCUT2D eigenvalue weighted by Gasteiger charge is -2.32. The fraction of sp³-hybridized carbons (Fsp3) is 0.571. The van der Waals surface area contributed by atoms with Crippen LogP contribution in [0.15, 0.2) is 24.5 Å². The van der Waals surface area contributed by atoms with Gasteiger partial charge < -0.3 is 10.2 Å². The summed E-state index contributed by atoms with van der Waals surface area (Å²) in [6.07, 6.45) is 6.60. The Labute approximate surface area is 108 Å². The van der Waals surface area contributed by atoms with Gasteiger partial charge in [0.15, 0.2) is 0 Å². The van der Waals surface area contributed by atoms with Crippen LogP contribution in [0.2, 0.25) is 0 Å². The number of pyridine rings is 1. The van der Waals surface area contributed by atoms with Crippen LogP contribution in [0.1, 0.15) is 25.3 Å². The first kappa shape index (κ1) is 13.0. The van der Waals surface area contributed by atoms with Crippen LogP contribution in [0.25, 0.3) is 0 Å². The van der Waals surface area contributed by atoms with Gasteiger partial charge >= 0.3 is 0 Å². The van der Waals surface area contributed by atoms with Crippen molar-refractivity contribution >= 4 is 5.91 Å². The number of rotatable bonds is 5. The van der Waals surface area contributed by atoms with Crippen molar-refractivity contribution in [1.82, 2.24) is 15.2 Å². The highest BCUT2D eigenvalue weighted by molar-refractivity contribution is 5.82. The monoisotopic (exact) mass is 247 g/mol. The van der Waals surface area contributed by atoms with E-state index in [0.717, 1.165) is 38.9 Å². The summed E-state index contributed by atoms with van der Waals surface area (Å²) in [7, 11) is 0. The van der Waals surface area contributed by atoms with Crippen molar-refractivity contribution in [3.63, 3.8) is 0 Å². The Morgan fingerprint density at radius 1 is 1.56 bits per heavy atom. The van der Waals surface area contributed by atoms with E-state index in [1.807, 2.05) is 24.1 Å². The number of likely N-dealkylation sites (tertiary alicyclic amines) is 1. The van der Waals surface area contributed by atoms with Crippen LogP contribution in [0.5, 0.6) is 0 Å². The van der Waals surface area contributed by atoms with Crippen LogP contribution in [0.4, 0.5) is 0 Å². The van der Waals surface area contributed by atoms with Crippen molar-refractivity contribution in [1.29, 1.82) is 0 Å². The van der Waals surface area contributed by atoms with E-state index in [-0.39, 0.29) is 11.9 Å². The predicted molar refractivity (Wildman–Crippen MR) is 71.2 cm³/mol. The van der Waals surface area contributed by atoms with Gasteiger partial charge in [-0.25, -0.2) is 0 Å². The summed E-state index contributed by atoms with van der Waals surface area (Å²) in [6, 6.07) is 4.02. The van der Waals surface area contributed by atoms with Gasteiger partial charge in [-0.15, -0.1) is 0 Å². The Balaban J connectivity index is 1.87. The minimum absolute atomic E-state index is 0.0256. The summed E-state index contributed by atoms with van der Waals surface area (Å²) in [5, 5.41) is 3.26. The van der Waals surface area contributed by atoms with E-state index in [2.05, 4.69) is 16.4 Å². The molecule has 0 saturated carbocycles. The minimum Gasteiger partial charge on any atom is -0.341 e. The average Bonchev–Trinajstić information content (AvgIpc) is 2.41. The molecule has 1 atom stereocenters. The van der Waals surface area contributed by atoms with E-state index < -0.39 is 0 Å². The third kappa shape index (κ3) is 3.29. The summed E-state index contributed by atoms with van der Waals surface area (Å²) in [5.41, 5.74) is 1.19. The van der Waals surface area contributed by atoms with E-state index in [0.29, 0.717) is 0 Å². The summed E-state index contributed by atoms with van der Waals surface area (Å²) >= 11 is 0. The molecule has 1 amide bonds. The maximum atomic E-state index is 12.2. The van der Waals surface area contributed by atoms with E-state index in [4.69, 9.17) is 0 Å². The molecule has 1 aliphatic rings. The molecular weight excluding hydrogens is 226 g/mol. The summed E-state index contributed by atoms with van der Waals surface area (Å²) in [5.74, 6) is 0.256. The molecule has 1 aliphatic heterocycles. The van der Waals surface area contributed by atoms with Crippen molar-refractivity contribution in [2.45, 2.75) is 32.2 Å². The second-order valence-corrected chi connectivity index (χ2v) is 4.69. The van der Waals surface area contributed by atoms with E-state index in [1.165, 1.54) is 5.56 Å². The third-order valence-corrected chi connectivity index (χ3v) is 3.37. The second-order valence-electron chi connectivity index (χ2n) is 4.69. The highest BCUT2D eigenvalue weighted by Crippen LogP contribution is 2.12. The molecule has 0 radical (unpaired) electrons. The van der Waals surface area contributed by atoms with Gasteiger partial charge in [0, 0.05) is 25.5 Å². The number of piperidine rings is 1. The van der Waals surface area contributed by atoms with Crippen LogP contribution < -0.4 is 5.32 Å². The first-order chi connectivity index (χ1) is 8.81. The van der Waals surface area contributed by atoms with Gasteiger partial charge in [-0.2, -0.15) is 0 Å². The van der Waals surface area contributed by atoms with Crippen LogP contribution in [-0.2, 0) is 11.2 Å². The normalized spacial score (nSPS) is 20.2. The molecular formula is C14H21N3O. The van der Waals surface area contributed by atoms with Gasteiger partial charge in [0.1, 0.15) is 0 Å². The molecule has 1 unspecified atom stereocenters. The zero-order chi connectivity index (χ0) is 12.8. The van der Waals surface area contributed by atoms with E-state index in [9.17, 15) is 4.79 Å². The Morgan fingerprint density at radius 3 is 3.17 bits per heavy atom. The lowest BCUT2D eigenvalue weighted by molar-refractivity contribution is -0.135. The molecule has 1 aromatic heterocycles. The van der Waals surface area contributed by atoms with Gasteiger partial charge in [-0.1, -0.05) is 13.0 Å². The molecule has 1 saturated heterocycles. The van der Waals surface area contributed by atoms with Gasteiger partial charge in [0.25, 0.3) is 0 Å². The first-order valence-corrected chi connectivity index (χ1v) is 6.72. The predicted octanol–water partition coefficient (Wildman–Crippen LogP) is 1.22. The average molecular weight is 247 g/mol. The highest BCUT2D eigenvalue weighted by Gasteiger charge is 2.27. The number of likely N-dealkylation sites (N-methyl/N-ethyl adjacent to an activating group) is 1. The van der Waals surface area contributed by atoms with Gasteiger partial charge in [-0.05, 0) is 37.4 Å². The molecule has 1 fully saturated rings. The molecule has 1 N–H and O–H groups in total. The number of carbonyl (C=O) groups is 1. The van der Waals surface area contributed by atoms with Gasteiger partial charge in [-0.3, -0.25) is 9.78 Å².